The first kappa shape index (κ1) is 18.3. The number of nitrogens with two attached hydrogens (primary N) is 1. The first-order chi connectivity index (χ1) is 9.44. The molecule has 0 saturated carbocycles. The van der Waals surface area contributed by atoms with Gasteiger partial charge in [0.1, 0.15) is 10.7 Å². The van der Waals surface area contributed by atoms with Crippen LogP contribution >= 0.6 is 15.9 Å². The Morgan fingerprint density at radius 3 is 2.57 bits per heavy atom. The van der Waals surface area contributed by atoms with E-state index in [9.17, 15) is 17.9 Å². The minimum atomic E-state index is -4.10. The third-order valence-corrected chi connectivity index (χ3v) is 4.74. The first-order valence-corrected chi connectivity index (χ1v) is 8.33. The Labute approximate surface area is 132 Å². The number of benzene rings is 1. The molecule has 0 saturated heterocycles. The van der Waals surface area contributed by atoms with Crippen LogP contribution in [0.3, 0.4) is 0 Å². The van der Waals surface area contributed by atoms with E-state index in [0.29, 0.717) is 0 Å². The minimum absolute atomic E-state index is 0.108. The maximum Gasteiger partial charge on any atom is 0.243 e. The van der Waals surface area contributed by atoms with E-state index in [2.05, 4.69) is 20.7 Å². The Morgan fingerprint density at radius 1 is 1.48 bits per heavy atom. The van der Waals surface area contributed by atoms with Gasteiger partial charge in [0.25, 0.3) is 0 Å². The molecule has 1 aromatic carbocycles. The lowest BCUT2D eigenvalue weighted by molar-refractivity contribution is 0.0386. The van der Waals surface area contributed by atoms with Gasteiger partial charge in [-0.15, -0.1) is 0 Å². The third-order valence-electron chi connectivity index (χ3n) is 2.64. The molecular formula is C12H19BrFN3O3S. The summed E-state index contributed by atoms with van der Waals surface area (Å²) in [6, 6.07) is 2.02. The number of hydrogen-bond acceptors (Lipinski definition) is 5. The van der Waals surface area contributed by atoms with Gasteiger partial charge in [0.05, 0.1) is 5.60 Å². The van der Waals surface area contributed by atoms with E-state index in [-0.39, 0.29) is 23.2 Å². The number of rotatable bonds is 6. The Morgan fingerprint density at radius 2 is 2.05 bits per heavy atom. The fourth-order valence-electron chi connectivity index (χ4n) is 1.82. The second-order valence-electron chi connectivity index (χ2n) is 5.36. The van der Waals surface area contributed by atoms with Gasteiger partial charge in [0.15, 0.2) is 0 Å². The van der Waals surface area contributed by atoms with E-state index in [0.717, 1.165) is 12.1 Å². The zero-order chi connectivity index (χ0) is 16.4. The highest BCUT2D eigenvalue weighted by Crippen LogP contribution is 2.26. The highest BCUT2D eigenvalue weighted by atomic mass is 79.9. The molecule has 0 aromatic heterocycles. The Hall–Kier alpha value is -0.740. The molecule has 1 rings (SSSR count). The van der Waals surface area contributed by atoms with Gasteiger partial charge in [-0.1, -0.05) is 0 Å². The van der Waals surface area contributed by atoms with Crippen molar-refractivity contribution < 1.29 is 17.9 Å². The van der Waals surface area contributed by atoms with Gasteiger partial charge in [0.2, 0.25) is 10.0 Å². The second-order valence-corrected chi connectivity index (χ2v) is 7.95. The standard InChI is InChI=1S/C12H19BrFN3O3S/c1-12(18,7-17(2)3)6-16-21(19,20)11-5-10(15)8(13)4-9(11)14/h4-5,16,18H,6-7,15H2,1-3H3. The predicted octanol–water partition coefficient (Wildman–Crippen LogP) is 0.761. The van der Waals surface area contributed by atoms with Crippen LogP contribution in [0.15, 0.2) is 21.5 Å². The van der Waals surface area contributed by atoms with Crippen molar-refractivity contribution in [3.63, 3.8) is 0 Å². The van der Waals surface area contributed by atoms with Gasteiger partial charge in [-0.2, -0.15) is 0 Å². The molecule has 0 aliphatic heterocycles. The predicted molar refractivity (Wildman–Crippen MR) is 82.9 cm³/mol. The van der Waals surface area contributed by atoms with Crippen LogP contribution < -0.4 is 10.5 Å². The smallest absolute Gasteiger partial charge is 0.243 e. The van der Waals surface area contributed by atoms with Gasteiger partial charge >= 0.3 is 0 Å². The molecule has 0 aliphatic rings. The number of aliphatic hydroxyl groups is 1. The molecule has 0 heterocycles. The molecule has 120 valence electrons. The Kier molecular flexibility index (Phi) is 5.73. The van der Waals surface area contributed by atoms with E-state index < -0.39 is 26.3 Å². The largest absolute Gasteiger partial charge is 0.398 e. The molecule has 0 aliphatic carbocycles. The van der Waals surface area contributed by atoms with Gasteiger partial charge < -0.3 is 15.7 Å². The summed E-state index contributed by atoms with van der Waals surface area (Å²) in [6.07, 6.45) is 0. The van der Waals surface area contributed by atoms with E-state index in [1.165, 1.54) is 6.92 Å². The van der Waals surface area contributed by atoms with E-state index in [1.54, 1.807) is 19.0 Å². The van der Waals surface area contributed by atoms with Crippen molar-refractivity contribution >= 4 is 31.6 Å². The first-order valence-electron chi connectivity index (χ1n) is 6.06. The molecule has 0 amide bonds. The van der Waals surface area contributed by atoms with Crippen molar-refractivity contribution in [1.29, 1.82) is 0 Å². The second kappa shape index (κ2) is 6.57. The molecule has 1 aromatic rings. The van der Waals surface area contributed by atoms with Crippen LogP contribution in [-0.2, 0) is 10.0 Å². The summed E-state index contributed by atoms with van der Waals surface area (Å²) >= 11 is 3.02. The normalized spacial score (nSPS) is 15.2. The van der Waals surface area contributed by atoms with Crippen LogP contribution in [0.1, 0.15) is 6.92 Å². The van der Waals surface area contributed by atoms with Crippen LogP contribution in [0.5, 0.6) is 0 Å². The number of nitrogen functional groups attached to an aromatic ring is 1. The van der Waals surface area contributed by atoms with E-state index in [4.69, 9.17) is 5.73 Å². The lowest BCUT2D eigenvalue weighted by Crippen LogP contribution is -2.47. The number of anilines is 1. The SMILES string of the molecule is CN(C)CC(C)(O)CNS(=O)(=O)c1cc(N)c(Br)cc1F. The van der Waals surface area contributed by atoms with Crippen LogP contribution in [0.25, 0.3) is 0 Å². The fraction of sp³-hybridized carbons (Fsp3) is 0.500. The summed E-state index contributed by atoms with van der Waals surface area (Å²) in [6.45, 7) is 1.49. The number of sulfonamides is 1. The van der Waals surface area contributed by atoms with Crippen LogP contribution in [-0.4, -0.2) is 51.2 Å². The highest BCUT2D eigenvalue weighted by molar-refractivity contribution is 9.10. The van der Waals surface area contributed by atoms with Crippen molar-refractivity contribution in [3.05, 3.63) is 22.4 Å². The molecule has 9 heteroatoms. The van der Waals surface area contributed by atoms with Crippen molar-refractivity contribution in [2.24, 2.45) is 0 Å². The summed E-state index contributed by atoms with van der Waals surface area (Å²) in [5.41, 5.74) is 4.40. The maximum atomic E-state index is 13.8. The van der Waals surface area contributed by atoms with Crippen molar-refractivity contribution in [1.82, 2.24) is 9.62 Å². The van der Waals surface area contributed by atoms with Gasteiger partial charge in [-0.3, -0.25) is 0 Å². The van der Waals surface area contributed by atoms with Crippen LogP contribution in [0.4, 0.5) is 10.1 Å². The summed E-state index contributed by atoms with van der Waals surface area (Å²) in [5, 5.41) is 10.1. The summed E-state index contributed by atoms with van der Waals surface area (Å²) < 4.78 is 40.5. The monoisotopic (exact) mass is 383 g/mol. The van der Waals surface area contributed by atoms with Gasteiger partial charge in [-0.05, 0) is 49.1 Å². The molecule has 21 heavy (non-hydrogen) atoms. The summed E-state index contributed by atoms with van der Waals surface area (Å²) in [5.74, 6) is -0.921. The highest BCUT2D eigenvalue weighted by Gasteiger charge is 2.27. The molecule has 0 spiro atoms. The maximum absolute atomic E-state index is 13.8. The Balaban J connectivity index is 2.95. The molecule has 4 N–H and O–H groups in total. The minimum Gasteiger partial charge on any atom is -0.398 e. The molecule has 0 fully saturated rings. The quantitative estimate of drug-likeness (QED) is 0.630. The van der Waals surface area contributed by atoms with Gasteiger partial charge in [0, 0.05) is 23.2 Å². The third kappa shape index (κ3) is 5.19. The van der Waals surface area contributed by atoms with Crippen molar-refractivity contribution in [2.75, 3.05) is 32.9 Å². The van der Waals surface area contributed by atoms with E-state index >= 15 is 0 Å². The molecule has 1 unspecified atom stereocenters. The topological polar surface area (TPSA) is 95.7 Å². The molecule has 0 radical (unpaired) electrons. The van der Waals surface area contributed by atoms with Crippen molar-refractivity contribution in [3.8, 4) is 0 Å². The zero-order valence-electron chi connectivity index (χ0n) is 12.0. The zero-order valence-corrected chi connectivity index (χ0v) is 14.4. The lowest BCUT2D eigenvalue weighted by Gasteiger charge is -2.27. The fourth-order valence-corrected chi connectivity index (χ4v) is 3.39. The number of likely N-dealkylation sites (N-methyl/N-ethyl adjacent to an activating group) is 1. The van der Waals surface area contributed by atoms with E-state index in [1.807, 2.05) is 0 Å². The molecule has 1 atom stereocenters. The average molecular weight is 384 g/mol. The lowest BCUT2D eigenvalue weighted by atomic mass is 10.1. The van der Waals surface area contributed by atoms with Gasteiger partial charge in [-0.25, -0.2) is 17.5 Å². The number of halogens is 2. The number of nitrogens with zero attached hydrogens (tertiary/aromatic N) is 1. The summed E-state index contributed by atoms with van der Waals surface area (Å²) in [7, 11) is -0.607. The molecule has 6 nitrogen and oxygen atoms in total. The van der Waals surface area contributed by atoms with Crippen molar-refractivity contribution in [2.45, 2.75) is 17.4 Å². The molecular weight excluding hydrogens is 365 g/mol. The number of hydrogen-bond donors (Lipinski definition) is 3. The summed E-state index contributed by atoms with van der Waals surface area (Å²) in [4.78, 5) is 1.16. The van der Waals surface area contributed by atoms with Crippen LogP contribution in [0, 0.1) is 5.82 Å². The number of nitrogens with one attached hydrogen (secondary N) is 1. The average Bonchev–Trinajstić information content (AvgIpc) is 2.30. The molecule has 0 bridgehead atoms. The van der Waals surface area contributed by atoms with Crippen LogP contribution in [0.2, 0.25) is 0 Å². The Bertz CT molecular complexity index is 620.